The Kier molecular flexibility index (Phi) is 1.94. The average Bonchev–Trinajstić information content (AvgIpc) is 2.16. The number of sulfonamides is 1. The fraction of sp³-hybridized carbons (Fsp3) is 0. The number of aromatic nitrogens is 2. The van der Waals surface area contributed by atoms with Gasteiger partial charge in [0.1, 0.15) is 0 Å². The van der Waals surface area contributed by atoms with Crippen LogP contribution in [0.5, 0.6) is 0 Å². The smallest absolute Gasteiger partial charge is 0.238 e. The first kappa shape index (κ1) is 9.04. The summed E-state index contributed by atoms with van der Waals surface area (Å²) in [6.07, 6.45) is 3.04. The molecule has 0 unspecified atom stereocenters. The SMILES string of the molecule is NS(=O)(=O)c1ccc2nccnc2c1. The number of primary sulfonamides is 1. The molecule has 2 rings (SSSR count). The van der Waals surface area contributed by atoms with Crippen LogP contribution in [0.1, 0.15) is 0 Å². The van der Waals surface area contributed by atoms with Gasteiger partial charge < -0.3 is 0 Å². The van der Waals surface area contributed by atoms with E-state index in [1.807, 2.05) is 0 Å². The van der Waals surface area contributed by atoms with E-state index in [0.29, 0.717) is 11.0 Å². The van der Waals surface area contributed by atoms with Crippen molar-refractivity contribution in [2.24, 2.45) is 5.14 Å². The number of hydrogen-bond acceptors (Lipinski definition) is 4. The summed E-state index contributed by atoms with van der Waals surface area (Å²) in [5.74, 6) is 0. The van der Waals surface area contributed by atoms with Crippen molar-refractivity contribution in [1.82, 2.24) is 9.97 Å². The van der Waals surface area contributed by atoms with Gasteiger partial charge in [0.25, 0.3) is 0 Å². The molecule has 72 valence electrons. The van der Waals surface area contributed by atoms with E-state index < -0.39 is 10.0 Å². The second-order valence-electron chi connectivity index (χ2n) is 2.75. The van der Waals surface area contributed by atoms with Crippen molar-refractivity contribution in [2.75, 3.05) is 0 Å². The molecule has 2 aromatic rings. The Hall–Kier alpha value is -1.53. The van der Waals surface area contributed by atoms with Crippen LogP contribution in [0, 0.1) is 0 Å². The number of nitrogens with two attached hydrogens (primary N) is 1. The normalized spacial score (nSPS) is 11.8. The minimum absolute atomic E-state index is 0.0468. The molecule has 0 aliphatic heterocycles. The van der Waals surface area contributed by atoms with Gasteiger partial charge in [-0.25, -0.2) is 13.6 Å². The van der Waals surface area contributed by atoms with Crippen LogP contribution in [-0.2, 0) is 10.0 Å². The van der Waals surface area contributed by atoms with E-state index in [4.69, 9.17) is 5.14 Å². The van der Waals surface area contributed by atoms with E-state index in [1.54, 1.807) is 12.3 Å². The lowest BCUT2D eigenvalue weighted by molar-refractivity contribution is 0.598. The van der Waals surface area contributed by atoms with Crippen molar-refractivity contribution in [3.63, 3.8) is 0 Å². The van der Waals surface area contributed by atoms with Gasteiger partial charge in [0.05, 0.1) is 15.9 Å². The Morgan fingerprint density at radius 1 is 1.07 bits per heavy atom. The zero-order valence-electron chi connectivity index (χ0n) is 7.08. The fourth-order valence-electron chi connectivity index (χ4n) is 1.12. The predicted molar refractivity (Wildman–Crippen MR) is 50.9 cm³/mol. The molecule has 1 heterocycles. The molecule has 1 aromatic heterocycles. The molecule has 1 aromatic carbocycles. The van der Waals surface area contributed by atoms with Gasteiger partial charge in [-0.15, -0.1) is 0 Å². The summed E-state index contributed by atoms with van der Waals surface area (Å²) in [5.41, 5.74) is 1.15. The molecule has 0 atom stereocenters. The van der Waals surface area contributed by atoms with Gasteiger partial charge in [0.15, 0.2) is 0 Å². The van der Waals surface area contributed by atoms with Gasteiger partial charge in [-0.2, -0.15) is 0 Å². The summed E-state index contributed by atoms with van der Waals surface area (Å²) in [6.45, 7) is 0. The molecule has 0 aliphatic carbocycles. The first-order valence-corrected chi connectivity index (χ1v) is 5.35. The fourth-order valence-corrected chi connectivity index (χ4v) is 1.65. The molecule has 6 heteroatoms. The number of benzene rings is 1. The topological polar surface area (TPSA) is 85.9 Å². The van der Waals surface area contributed by atoms with Gasteiger partial charge >= 0.3 is 0 Å². The first-order valence-electron chi connectivity index (χ1n) is 3.81. The van der Waals surface area contributed by atoms with E-state index in [0.717, 1.165) is 0 Å². The van der Waals surface area contributed by atoms with Crippen LogP contribution in [0.25, 0.3) is 11.0 Å². The van der Waals surface area contributed by atoms with Gasteiger partial charge in [-0.3, -0.25) is 9.97 Å². The Morgan fingerprint density at radius 3 is 2.36 bits per heavy atom. The second-order valence-corrected chi connectivity index (χ2v) is 4.31. The number of rotatable bonds is 1. The molecule has 0 saturated carbocycles. The van der Waals surface area contributed by atoms with E-state index in [2.05, 4.69) is 9.97 Å². The molecule has 0 bridgehead atoms. The largest absolute Gasteiger partial charge is 0.253 e. The minimum Gasteiger partial charge on any atom is -0.253 e. The maximum Gasteiger partial charge on any atom is 0.238 e. The molecule has 2 N–H and O–H groups in total. The van der Waals surface area contributed by atoms with Crippen molar-refractivity contribution in [3.8, 4) is 0 Å². The molecule has 0 fully saturated rings. The Morgan fingerprint density at radius 2 is 1.71 bits per heavy atom. The van der Waals surface area contributed by atoms with Crippen molar-refractivity contribution in [1.29, 1.82) is 0 Å². The molecule has 5 nitrogen and oxygen atoms in total. The van der Waals surface area contributed by atoms with Crippen LogP contribution in [0.2, 0.25) is 0 Å². The van der Waals surface area contributed by atoms with E-state index in [1.165, 1.54) is 18.3 Å². The molecule has 0 amide bonds. The highest BCUT2D eigenvalue weighted by molar-refractivity contribution is 7.89. The van der Waals surface area contributed by atoms with Crippen LogP contribution in [0.3, 0.4) is 0 Å². The minimum atomic E-state index is -3.66. The summed E-state index contributed by atoms with van der Waals surface area (Å²) in [5, 5.41) is 4.97. The Bertz CT molecular complexity index is 580. The Balaban J connectivity index is 2.75. The van der Waals surface area contributed by atoms with Crippen LogP contribution in [0.15, 0.2) is 35.5 Å². The quantitative estimate of drug-likeness (QED) is 0.730. The molecule has 0 saturated heterocycles. The second kappa shape index (κ2) is 3.00. The average molecular weight is 209 g/mol. The standard InChI is InChI=1S/C8H7N3O2S/c9-14(12,13)6-1-2-7-8(5-6)11-4-3-10-7/h1-5H,(H2,9,12,13). The van der Waals surface area contributed by atoms with Crippen LogP contribution < -0.4 is 5.14 Å². The predicted octanol–water partition coefficient (Wildman–Crippen LogP) is 0.277. The van der Waals surface area contributed by atoms with Crippen molar-refractivity contribution < 1.29 is 8.42 Å². The first-order chi connectivity index (χ1) is 6.57. The zero-order chi connectivity index (χ0) is 10.2. The van der Waals surface area contributed by atoms with Crippen molar-refractivity contribution in [3.05, 3.63) is 30.6 Å². The van der Waals surface area contributed by atoms with E-state index in [-0.39, 0.29) is 4.90 Å². The van der Waals surface area contributed by atoms with Gasteiger partial charge in [0, 0.05) is 12.4 Å². The van der Waals surface area contributed by atoms with E-state index >= 15 is 0 Å². The maximum absolute atomic E-state index is 11.0. The highest BCUT2D eigenvalue weighted by Gasteiger charge is 2.08. The summed E-state index contributed by atoms with van der Waals surface area (Å²) in [6, 6.07) is 4.38. The monoisotopic (exact) mass is 209 g/mol. The molecular formula is C8H7N3O2S. The highest BCUT2D eigenvalue weighted by atomic mass is 32.2. The van der Waals surface area contributed by atoms with Gasteiger partial charge in [-0.1, -0.05) is 0 Å². The molecule has 0 spiro atoms. The third kappa shape index (κ3) is 1.57. The maximum atomic E-state index is 11.0. The van der Waals surface area contributed by atoms with Crippen LogP contribution in [-0.4, -0.2) is 18.4 Å². The summed E-state index contributed by atoms with van der Waals surface area (Å²) >= 11 is 0. The molecule has 0 aliphatic rings. The lowest BCUT2D eigenvalue weighted by Crippen LogP contribution is -2.11. The third-order valence-corrected chi connectivity index (χ3v) is 2.68. The molecule has 14 heavy (non-hydrogen) atoms. The number of hydrogen-bond donors (Lipinski definition) is 1. The molecule has 0 radical (unpaired) electrons. The van der Waals surface area contributed by atoms with Crippen LogP contribution >= 0.6 is 0 Å². The van der Waals surface area contributed by atoms with Gasteiger partial charge in [-0.05, 0) is 18.2 Å². The number of fused-ring (bicyclic) bond motifs is 1. The third-order valence-electron chi connectivity index (χ3n) is 1.77. The lowest BCUT2D eigenvalue weighted by atomic mass is 10.3. The van der Waals surface area contributed by atoms with Crippen molar-refractivity contribution in [2.45, 2.75) is 4.90 Å². The molecular weight excluding hydrogens is 202 g/mol. The van der Waals surface area contributed by atoms with E-state index in [9.17, 15) is 8.42 Å². The van der Waals surface area contributed by atoms with Crippen LogP contribution in [0.4, 0.5) is 0 Å². The van der Waals surface area contributed by atoms with Gasteiger partial charge in [0.2, 0.25) is 10.0 Å². The summed E-state index contributed by atoms with van der Waals surface area (Å²) in [7, 11) is -3.66. The zero-order valence-corrected chi connectivity index (χ0v) is 7.90. The lowest BCUT2D eigenvalue weighted by Gasteiger charge is -1.99. The highest BCUT2D eigenvalue weighted by Crippen LogP contribution is 2.13. The summed E-state index contributed by atoms with van der Waals surface area (Å²) < 4.78 is 22.0. The number of nitrogens with zero attached hydrogens (tertiary/aromatic N) is 2. The van der Waals surface area contributed by atoms with Crippen molar-refractivity contribution >= 4 is 21.1 Å². The Labute approximate surface area is 80.7 Å². The summed E-state index contributed by atoms with van der Waals surface area (Å²) in [4.78, 5) is 8.03.